The molecule has 0 spiro atoms. The zero-order valence-corrected chi connectivity index (χ0v) is 11.7. The Balaban J connectivity index is 2.11. The quantitative estimate of drug-likeness (QED) is 0.796. The van der Waals surface area contributed by atoms with Crippen LogP contribution in [0, 0.1) is 6.92 Å². The lowest BCUT2D eigenvalue weighted by Gasteiger charge is -2.24. The van der Waals surface area contributed by atoms with Gasteiger partial charge in [0.2, 0.25) is 0 Å². The van der Waals surface area contributed by atoms with Gasteiger partial charge < -0.3 is 20.5 Å². The number of carboxylic acids is 1. The van der Waals surface area contributed by atoms with Crippen LogP contribution in [0.25, 0.3) is 0 Å². The Morgan fingerprint density at radius 2 is 2.20 bits per heavy atom. The maximum absolute atomic E-state index is 12.0. The number of ether oxygens (including phenoxy) is 1. The molecular weight excluding hydrogens is 284 g/mol. The van der Waals surface area contributed by atoms with Crippen LogP contribution in [0.1, 0.15) is 12.0 Å². The monoisotopic (exact) mass is 298 g/mol. The third-order valence-corrected chi connectivity index (χ3v) is 3.56. The van der Waals surface area contributed by atoms with E-state index >= 15 is 0 Å². The molecule has 0 aliphatic carbocycles. The number of anilines is 1. The van der Waals surface area contributed by atoms with Gasteiger partial charge in [0.15, 0.2) is 5.54 Å². The number of hydrogen-bond acceptors (Lipinski definition) is 3. The van der Waals surface area contributed by atoms with Crippen LogP contribution in [-0.2, 0) is 9.53 Å². The van der Waals surface area contributed by atoms with Gasteiger partial charge in [0, 0.05) is 13.0 Å². The number of halogens is 1. The van der Waals surface area contributed by atoms with Gasteiger partial charge in [-0.3, -0.25) is 0 Å². The molecule has 20 heavy (non-hydrogen) atoms. The first-order valence-corrected chi connectivity index (χ1v) is 6.48. The Morgan fingerprint density at radius 1 is 1.45 bits per heavy atom. The maximum atomic E-state index is 12.0. The molecule has 3 N–H and O–H groups in total. The van der Waals surface area contributed by atoms with E-state index in [9.17, 15) is 14.7 Å². The van der Waals surface area contributed by atoms with Crippen molar-refractivity contribution >= 4 is 29.3 Å². The van der Waals surface area contributed by atoms with Crippen LogP contribution >= 0.6 is 11.6 Å². The Hall–Kier alpha value is -1.79. The number of aliphatic carboxylic acids is 1. The summed E-state index contributed by atoms with van der Waals surface area (Å²) < 4.78 is 5.07. The Bertz CT molecular complexity index is 521. The van der Waals surface area contributed by atoms with Gasteiger partial charge in [-0.25, -0.2) is 9.59 Å². The molecule has 0 bridgehead atoms. The summed E-state index contributed by atoms with van der Waals surface area (Å²) >= 11 is 6.00. The Morgan fingerprint density at radius 3 is 2.75 bits per heavy atom. The SMILES string of the molecule is Cc1cccc(Cl)c1NC(=O)NC1(C(=O)O)CCOC1. The molecule has 1 aliphatic heterocycles. The van der Waals surface area contributed by atoms with Crippen molar-refractivity contribution in [1.82, 2.24) is 5.32 Å². The number of rotatable bonds is 3. The highest BCUT2D eigenvalue weighted by Gasteiger charge is 2.44. The summed E-state index contributed by atoms with van der Waals surface area (Å²) in [5.74, 6) is -1.11. The topological polar surface area (TPSA) is 87.7 Å². The summed E-state index contributed by atoms with van der Waals surface area (Å²) in [6, 6.07) is 4.60. The van der Waals surface area contributed by atoms with E-state index in [-0.39, 0.29) is 13.0 Å². The second kappa shape index (κ2) is 5.68. The first-order valence-electron chi connectivity index (χ1n) is 6.10. The third kappa shape index (κ3) is 2.86. The van der Waals surface area contributed by atoms with Crippen LogP contribution in [0.3, 0.4) is 0 Å². The van der Waals surface area contributed by atoms with Gasteiger partial charge >= 0.3 is 12.0 Å². The highest BCUT2D eigenvalue weighted by atomic mass is 35.5. The zero-order chi connectivity index (χ0) is 14.8. The molecule has 0 aromatic heterocycles. The average molecular weight is 299 g/mol. The van der Waals surface area contributed by atoms with Gasteiger partial charge in [0.1, 0.15) is 0 Å². The molecule has 0 saturated carbocycles. The van der Waals surface area contributed by atoms with Crippen LogP contribution in [0.2, 0.25) is 5.02 Å². The van der Waals surface area contributed by atoms with Crippen molar-refractivity contribution in [3.63, 3.8) is 0 Å². The molecular formula is C13H15ClN2O4. The van der Waals surface area contributed by atoms with Crippen LogP contribution in [0.4, 0.5) is 10.5 Å². The van der Waals surface area contributed by atoms with Crippen LogP contribution in [-0.4, -0.2) is 35.9 Å². The third-order valence-electron chi connectivity index (χ3n) is 3.24. The predicted octanol–water partition coefficient (Wildman–Crippen LogP) is 2.01. The van der Waals surface area contributed by atoms with Crippen LogP contribution < -0.4 is 10.6 Å². The molecule has 108 valence electrons. The molecule has 1 saturated heterocycles. The Labute approximate surface area is 121 Å². The summed E-state index contributed by atoms with van der Waals surface area (Å²) in [6.07, 6.45) is 0.233. The average Bonchev–Trinajstić information content (AvgIpc) is 2.84. The van der Waals surface area contributed by atoms with Crippen molar-refractivity contribution in [3.05, 3.63) is 28.8 Å². The number of carbonyl (C=O) groups excluding carboxylic acids is 1. The summed E-state index contributed by atoms with van der Waals surface area (Å²) in [6.45, 7) is 2.06. The van der Waals surface area contributed by atoms with E-state index in [1.807, 2.05) is 0 Å². The summed E-state index contributed by atoms with van der Waals surface area (Å²) in [5, 5.41) is 14.7. The number of aryl methyl sites for hydroxylation is 1. The number of benzene rings is 1. The molecule has 2 amide bonds. The number of amides is 2. The first kappa shape index (κ1) is 14.6. The maximum Gasteiger partial charge on any atom is 0.332 e. The summed E-state index contributed by atoms with van der Waals surface area (Å²) in [4.78, 5) is 23.3. The fourth-order valence-electron chi connectivity index (χ4n) is 2.04. The smallest absolute Gasteiger partial charge is 0.332 e. The second-order valence-electron chi connectivity index (χ2n) is 4.70. The molecule has 6 nitrogen and oxygen atoms in total. The second-order valence-corrected chi connectivity index (χ2v) is 5.11. The van der Waals surface area contributed by atoms with E-state index in [2.05, 4.69) is 10.6 Å². The van der Waals surface area contributed by atoms with E-state index in [0.717, 1.165) is 5.56 Å². The molecule has 1 atom stereocenters. The number of urea groups is 1. The minimum absolute atomic E-state index is 0.0444. The number of carboxylic acid groups (broad SMARTS) is 1. The van der Waals surface area contributed by atoms with Gasteiger partial charge in [-0.1, -0.05) is 23.7 Å². The van der Waals surface area contributed by atoms with Crippen molar-refractivity contribution in [2.45, 2.75) is 18.9 Å². The minimum atomic E-state index is -1.38. The molecule has 1 aromatic rings. The van der Waals surface area contributed by atoms with Crippen molar-refractivity contribution in [3.8, 4) is 0 Å². The highest BCUT2D eigenvalue weighted by Crippen LogP contribution is 2.25. The summed E-state index contributed by atoms with van der Waals surface area (Å²) in [5.41, 5.74) is -0.120. The summed E-state index contributed by atoms with van der Waals surface area (Å²) in [7, 11) is 0. The van der Waals surface area contributed by atoms with Crippen molar-refractivity contribution in [2.75, 3.05) is 18.5 Å². The number of para-hydroxylation sites is 1. The molecule has 0 radical (unpaired) electrons. The van der Waals surface area contributed by atoms with Crippen LogP contribution in [0.5, 0.6) is 0 Å². The minimum Gasteiger partial charge on any atom is -0.479 e. The lowest BCUT2D eigenvalue weighted by Crippen LogP contribution is -2.56. The molecule has 7 heteroatoms. The van der Waals surface area contributed by atoms with Crippen molar-refractivity contribution < 1.29 is 19.4 Å². The number of carbonyl (C=O) groups is 2. The lowest BCUT2D eigenvalue weighted by atomic mass is 9.99. The molecule has 1 unspecified atom stereocenters. The largest absolute Gasteiger partial charge is 0.479 e. The van der Waals surface area contributed by atoms with Crippen molar-refractivity contribution in [2.24, 2.45) is 0 Å². The van der Waals surface area contributed by atoms with E-state index < -0.39 is 17.5 Å². The van der Waals surface area contributed by atoms with Gasteiger partial charge in [-0.05, 0) is 18.6 Å². The van der Waals surface area contributed by atoms with Gasteiger partial charge in [-0.15, -0.1) is 0 Å². The fourth-order valence-corrected chi connectivity index (χ4v) is 2.31. The predicted molar refractivity (Wildman–Crippen MR) is 74.1 cm³/mol. The molecule has 1 fully saturated rings. The van der Waals surface area contributed by atoms with E-state index in [1.165, 1.54) is 0 Å². The van der Waals surface area contributed by atoms with E-state index in [4.69, 9.17) is 16.3 Å². The molecule has 1 aliphatic rings. The van der Waals surface area contributed by atoms with E-state index in [1.54, 1.807) is 25.1 Å². The van der Waals surface area contributed by atoms with Gasteiger partial charge in [0.05, 0.1) is 17.3 Å². The Kier molecular flexibility index (Phi) is 4.15. The molecule has 1 heterocycles. The number of nitrogens with one attached hydrogen (secondary N) is 2. The normalized spacial score (nSPS) is 21.5. The van der Waals surface area contributed by atoms with Gasteiger partial charge in [0.25, 0.3) is 0 Å². The van der Waals surface area contributed by atoms with Crippen molar-refractivity contribution in [1.29, 1.82) is 0 Å². The lowest BCUT2D eigenvalue weighted by molar-refractivity contribution is -0.144. The molecule has 1 aromatic carbocycles. The van der Waals surface area contributed by atoms with E-state index in [0.29, 0.717) is 17.3 Å². The fraction of sp³-hybridized carbons (Fsp3) is 0.385. The zero-order valence-electron chi connectivity index (χ0n) is 10.9. The first-order chi connectivity index (χ1) is 9.44. The van der Waals surface area contributed by atoms with Crippen LogP contribution in [0.15, 0.2) is 18.2 Å². The van der Waals surface area contributed by atoms with Gasteiger partial charge in [-0.2, -0.15) is 0 Å². The highest BCUT2D eigenvalue weighted by molar-refractivity contribution is 6.33. The number of hydrogen-bond donors (Lipinski definition) is 3. The molecule has 2 rings (SSSR count). The standard InChI is InChI=1S/C13H15ClN2O4/c1-8-3-2-4-9(14)10(8)15-12(19)16-13(11(17)18)5-6-20-7-13/h2-4H,5-7H2,1H3,(H,17,18)(H2,15,16,19).